The molecular formula is C13H18O. The van der Waals surface area contributed by atoms with Gasteiger partial charge in [0.25, 0.3) is 0 Å². The Labute approximate surface area is 85.7 Å². The number of fused-ring (bicyclic) bond motifs is 1. The quantitative estimate of drug-likeness (QED) is 0.689. The number of rotatable bonds is 2. The first-order valence-electron chi connectivity index (χ1n) is 4.72. The summed E-state index contributed by atoms with van der Waals surface area (Å²) >= 11 is 0. The highest BCUT2D eigenvalue weighted by Gasteiger charge is 2.00. The lowest BCUT2D eigenvalue weighted by Crippen LogP contribution is -1.92. The van der Waals surface area contributed by atoms with Gasteiger partial charge in [0.15, 0.2) is 0 Å². The second kappa shape index (κ2) is 4.32. The van der Waals surface area contributed by atoms with Crippen LogP contribution in [0, 0.1) is 5.92 Å². The van der Waals surface area contributed by atoms with Gasteiger partial charge in [-0.3, -0.25) is 0 Å². The molecular weight excluding hydrogens is 172 g/mol. The molecule has 1 aromatic carbocycles. The van der Waals surface area contributed by atoms with E-state index in [-0.39, 0.29) is 7.43 Å². The van der Waals surface area contributed by atoms with Gasteiger partial charge in [0.05, 0.1) is 6.26 Å². The average Bonchev–Trinajstić information content (AvgIpc) is 2.49. The van der Waals surface area contributed by atoms with Crippen molar-refractivity contribution in [2.24, 2.45) is 5.92 Å². The molecule has 14 heavy (non-hydrogen) atoms. The molecule has 0 saturated carbocycles. The molecule has 0 N–H and O–H groups in total. The third-order valence-corrected chi connectivity index (χ3v) is 2.16. The lowest BCUT2D eigenvalue weighted by molar-refractivity contribution is 0.615. The summed E-state index contributed by atoms with van der Waals surface area (Å²) < 4.78 is 5.28. The van der Waals surface area contributed by atoms with Gasteiger partial charge in [0, 0.05) is 5.39 Å². The zero-order valence-electron chi connectivity index (χ0n) is 8.08. The molecule has 0 saturated heterocycles. The topological polar surface area (TPSA) is 13.1 Å². The van der Waals surface area contributed by atoms with E-state index in [1.807, 2.05) is 12.1 Å². The fraction of sp³-hybridized carbons (Fsp3) is 0.385. The van der Waals surface area contributed by atoms with Crippen molar-refractivity contribution in [3.63, 3.8) is 0 Å². The van der Waals surface area contributed by atoms with Crippen LogP contribution >= 0.6 is 0 Å². The largest absolute Gasteiger partial charge is 0.464 e. The molecule has 0 aliphatic rings. The predicted octanol–water partition coefficient (Wildman–Crippen LogP) is 4.27. The smallest absolute Gasteiger partial charge is 0.133 e. The van der Waals surface area contributed by atoms with E-state index in [2.05, 4.69) is 26.0 Å². The van der Waals surface area contributed by atoms with Crippen LogP contribution in [0.2, 0.25) is 0 Å². The maximum atomic E-state index is 5.28. The number of hydrogen-bond acceptors (Lipinski definition) is 1. The molecule has 0 unspecified atom stereocenters. The van der Waals surface area contributed by atoms with Crippen LogP contribution < -0.4 is 0 Å². The molecule has 1 heterocycles. The molecule has 0 spiro atoms. The highest BCUT2D eigenvalue weighted by atomic mass is 16.3. The van der Waals surface area contributed by atoms with Crippen LogP contribution in [0.25, 0.3) is 11.0 Å². The normalized spacial score (nSPS) is 10.5. The third kappa shape index (κ3) is 2.16. The van der Waals surface area contributed by atoms with Crippen LogP contribution in [-0.4, -0.2) is 0 Å². The Bertz CT molecular complexity index is 398. The minimum absolute atomic E-state index is 0. The van der Waals surface area contributed by atoms with E-state index in [1.54, 1.807) is 6.26 Å². The second-order valence-electron chi connectivity index (χ2n) is 3.89. The van der Waals surface area contributed by atoms with Crippen LogP contribution in [-0.2, 0) is 6.42 Å². The Morgan fingerprint density at radius 1 is 1.21 bits per heavy atom. The molecule has 2 aromatic rings. The summed E-state index contributed by atoms with van der Waals surface area (Å²) in [6.07, 6.45) is 2.88. The summed E-state index contributed by atoms with van der Waals surface area (Å²) in [5.74, 6) is 0.712. The van der Waals surface area contributed by atoms with Gasteiger partial charge in [-0.1, -0.05) is 27.3 Å². The van der Waals surface area contributed by atoms with E-state index in [9.17, 15) is 0 Å². The monoisotopic (exact) mass is 190 g/mol. The molecule has 2 rings (SSSR count). The predicted molar refractivity (Wildman–Crippen MR) is 61.5 cm³/mol. The molecule has 0 bridgehead atoms. The minimum atomic E-state index is 0. The van der Waals surface area contributed by atoms with Gasteiger partial charge in [-0.25, -0.2) is 0 Å². The van der Waals surface area contributed by atoms with Crippen molar-refractivity contribution in [3.05, 3.63) is 36.1 Å². The van der Waals surface area contributed by atoms with Gasteiger partial charge in [-0.05, 0) is 36.1 Å². The highest BCUT2D eigenvalue weighted by Crippen LogP contribution is 2.18. The van der Waals surface area contributed by atoms with Crippen LogP contribution in [0.15, 0.2) is 34.9 Å². The van der Waals surface area contributed by atoms with Gasteiger partial charge in [0.1, 0.15) is 5.58 Å². The fourth-order valence-corrected chi connectivity index (χ4v) is 1.61. The summed E-state index contributed by atoms with van der Waals surface area (Å²) in [5, 5.41) is 1.21. The Morgan fingerprint density at radius 3 is 2.71 bits per heavy atom. The van der Waals surface area contributed by atoms with Crippen LogP contribution in [0.3, 0.4) is 0 Å². The Hall–Kier alpha value is -1.24. The summed E-state index contributed by atoms with van der Waals surface area (Å²) in [6.45, 7) is 4.47. The molecule has 1 nitrogen and oxygen atoms in total. The van der Waals surface area contributed by atoms with E-state index < -0.39 is 0 Å². The minimum Gasteiger partial charge on any atom is -0.464 e. The maximum absolute atomic E-state index is 5.28. The lowest BCUT2D eigenvalue weighted by atomic mass is 10.0. The van der Waals surface area contributed by atoms with E-state index in [0.717, 1.165) is 12.0 Å². The molecule has 0 aliphatic carbocycles. The van der Waals surface area contributed by atoms with Crippen molar-refractivity contribution in [3.8, 4) is 0 Å². The number of furan rings is 1. The highest BCUT2D eigenvalue weighted by molar-refractivity contribution is 5.77. The molecule has 0 aliphatic heterocycles. The van der Waals surface area contributed by atoms with Gasteiger partial charge in [-0.15, -0.1) is 0 Å². The molecule has 1 aromatic heterocycles. The van der Waals surface area contributed by atoms with Gasteiger partial charge >= 0.3 is 0 Å². The summed E-state index contributed by atoms with van der Waals surface area (Å²) in [4.78, 5) is 0. The van der Waals surface area contributed by atoms with Crippen molar-refractivity contribution in [1.82, 2.24) is 0 Å². The van der Waals surface area contributed by atoms with E-state index in [1.165, 1.54) is 10.9 Å². The Kier molecular flexibility index (Phi) is 3.34. The van der Waals surface area contributed by atoms with Gasteiger partial charge in [0.2, 0.25) is 0 Å². The third-order valence-electron chi connectivity index (χ3n) is 2.16. The first-order chi connectivity index (χ1) is 6.25. The molecule has 0 atom stereocenters. The van der Waals surface area contributed by atoms with Crippen LogP contribution in [0.4, 0.5) is 0 Å². The van der Waals surface area contributed by atoms with E-state index in [4.69, 9.17) is 4.42 Å². The first kappa shape index (κ1) is 10.8. The Balaban J connectivity index is 0.000000980. The molecule has 0 amide bonds. The van der Waals surface area contributed by atoms with Crippen molar-refractivity contribution in [1.29, 1.82) is 0 Å². The zero-order chi connectivity index (χ0) is 9.26. The summed E-state index contributed by atoms with van der Waals surface area (Å²) in [5.41, 5.74) is 2.37. The van der Waals surface area contributed by atoms with Crippen molar-refractivity contribution in [2.45, 2.75) is 27.7 Å². The maximum Gasteiger partial charge on any atom is 0.133 e. The van der Waals surface area contributed by atoms with Gasteiger partial charge in [-0.2, -0.15) is 0 Å². The van der Waals surface area contributed by atoms with Crippen LogP contribution in [0.5, 0.6) is 0 Å². The first-order valence-corrected chi connectivity index (χ1v) is 4.72. The number of hydrogen-bond donors (Lipinski definition) is 0. The summed E-state index contributed by atoms with van der Waals surface area (Å²) in [6, 6.07) is 8.41. The molecule has 0 radical (unpaired) electrons. The average molecular weight is 190 g/mol. The lowest BCUT2D eigenvalue weighted by Gasteiger charge is -2.03. The molecule has 76 valence electrons. The van der Waals surface area contributed by atoms with Crippen molar-refractivity contribution < 1.29 is 4.42 Å². The van der Waals surface area contributed by atoms with Gasteiger partial charge < -0.3 is 4.42 Å². The molecule has 0 fully saturated rings. The second-order valence-corrected chi connectivity index (χ2v) is 3.89. The van der Waals surface area contributed by atoms with Crippen LogP contribution in [0.1, 0.15) is 26.8 Å². The van der Waals surface area contributed by atoms with E-state index >= 15 is 0 Å². The Morgan fingerprint density at radius 2 is 2.00 bits per heavy atom. The summed E-state index contributed by atoms with van der Waals surface area (Å²) in [7, 11) is 0. The SMILES string of the molecule is C.CC(C)Cc1ccc2occc2c1. The van der Waals surface area contributed by atoms with Crippen molar-refractivity contribution >= 4 is 11.0 Å². The zero-order valence-corrected chi connectivity index (χ0v) is 8.08. The van der Waals surface area contributed by atoms with Crippen molar-refractivity contribution in [2.75, 3.05) is 0 Å². The van der Waals surface area contributed by atoms with E-state index in [0.29, 0.717) is 5.92 Å². The fourth-order valence-electron chi connectivity index (χ4n) is 1.61. The standard InChI is InChI=1S/C12H14O.CH4/c1-9(2)7-10-3-4-12-11(8-10)5-6-13-12;/h3-6,8-9H,7H2,1-2H3;1H4. The molecule has 1 heteroatoms. The number of benzene rings is 1.